The molecule has 0 atom stereocenters. The van der Waals surface area contributed by atoms with E-state index in [1.54, 1.807) is 18.2 Å². The molecule has 0 saturated carbocycles. The number of guanidine groups is 1. The van der Waals surface area contributed by atoms with Crippen LogP contribution >= 0.6 is 11.6 Å². The van der Waals surface area contributed by atoms with Crippen LogP contribution in [0.4, 0.5) is 0 Å². The Hall–Kier alpha value is -2.30. The van der Waals surface area contributed by atoms with Crippen molar-refractivity contribution in [3.05, 3.63) is 34.5 Å². The summed E-state index contributed by atoms with van der Waals surface area (Å²) < 4.78 is 25.9. The summed E-state index contributed by atoms with van der Waals surface area (Å²) in [6, 6.07) is 5.35. The quantitative estimate of drug-likeness (QED) is 0.256. The predicted molar refractivity (Wildman–Crippen MR) is 97.9 cm³/mol. The van der Waals surface area contributed by atoms with E-state index < -0.39 is 16.1 Å². The predicted octanol–water partition coefficient (Wildman–Crippen LogP) is 1.99. The topological polar surface area (TPSA) is 183 Å². The lowest BCUT2D eigenvalue weighted by molar-refractivity contribution is 0.0690. The molecule has 2 aromatic rings. The fourth-order valence-electron chi connectivity index (χ4n) is 1.95. The highest BCUT2D eigenvalue weighted by Gasteiger charge is 2.19. The Balaban J connectivity index is 0.000000536. The first-order valence-corrected chi connectivity index (χ1v) is 9.03. The van der Waals surface area contributed by atoms with Crippen LogP contribution in [0, 0.1) is 5.41 Å². The monoisotopic (exact) mass is 392 g/mol. The molecular formula is C14H21ClN4O5S. The molecule has 9 nitrogen and oxygen atoms in total. The number of hydrogen-bond donors (Lipinski definition) is 6. The summed E-state index contributed by atoms with van der Waals surface area (Å²) in [5.74, 6) is -1.13. The van der Waals surface area contributed by atoms with Gasteiger partial charge in [-0.1, -0.05) is 25.4 Å². The largest absolute Gasteiger partial charge is 0.477 e. The minimum atomic E-state index is -3.67. The van der Waals surface area contributed by atoms with Gasteiger partial charge in [-0.05, 0) is 29.7 Å². The van der Waals surface area contributed by atoms with Gasteiger partial charge in [-0.25, -0.2) is 4.79 Å². The number of carbonyl (C=O) groups is 1. The van der Waals surface area contributed by atoms with Gasteiger partial charge in [-0.2, -0.15) is 8.42 Å². The Morgan fingerprint density at radius 2 is 1.76 bits per heavy atom. The number of fused-ring (bicyclic) bond motifs is 1. The number of benzene rings is 1. The number of rotatable bonds is 2. The van der Waals surface area contributed by atoms with Crippen molar-refractivity contribution in [3.8, 4) is 0 Å². The van der Waals surface area contributed by atoms with Crippen LogP contribution < -0.4 is 11.5 Å². The van der Waals surface area contributed by atoms with Crippen LogP contribution in [0.3, 0.4) is 0 Å². The number of nitrogens with two attached hydrogens (primary N) is 2. The number of halogens is 1. The molecule has 0 saturated heterocycles. The minimum absolute atomic E-state index is 0.137. The van der Waals surface area contributed by atoms with E-state index in [1.165, 1.54) is 0 Å². The average molecular weight is 393 g/mol. The zero-order chi connectivity index (χ0) is 19.9. The second-order valence-electron chi connectivity index (χ2n) is 5.25. The van der Waals surface area contributed by atoms with Crippen LogP contribution in [-0.4, -0.2) is 41.2 Å². The summed E-state index contributed by atoms with van der Waals surface area (Å²) in [7, 11) is -3.67. The fourth-order valence-corrected chi connectivity index (χ4v) is 2.13. The first-order chi connectivity index (χ1) is 11.2. The highest BCUT2D eigenvalue weighted by molar-refractivity contribution is 7.85. The highest BCUT2D eigenvalue weighted by atomic mass is 35.5. The maximum absolute atomic E-state index is 11.1. The molecule has 0 aliphatic heterocycles. The van der Waals surface area contributed by atoms with E-state index in [9.17, 15) is 13.2 Å². The van der Waals surface area contributed by atoms with Gasteiger partial charge >= 0.3 is 5.97 Å². The van der Waals surface area contributed by atoms with Crippen molar-refractivity contribution in [3.63, 3.8) is 0 Å². The normalized spacial score (nSPS) is 10.5. The van der Waals surface area contributed by atoms with Gasteiger partial charge < -0.3 is 21.6 Å². The van der Waals surface area contributed by atoms with Crippen molar-refractivity contribution in [2.45, 2.75) is 19.8 Å². The molecule has 0 spiro atoms. The average Bonchev–Trinajstić information content (AvgIpc) is 2.74. The third kappa shape index (κ3) is 8.94. The molecule has 11 heteroatoms. The van der Waals surface area contributed by atoms with Crippen molar-refractivity contribution in [2.24, 2.45) is 11.5 Å². The second kappa shape index (κ2) is 9.25. The van der Waals surface area contributed by atoms with Crippen LogP contribution in [0.5, 0.6) is 0 Å². The Morgan fingerprint density at radius 3 is 2.12 bits per heavy atom. The number of H-pyrrole nitrogens is 1. The molecule has 2 rings (SSSR count). The van der Waals surface area contributed by atoms with Gasteiger partial charge in [0.15, 0.2) is 5.96 Å². The molecule has 0 bridgehead atoms. The summed E-state index contributed by atoms with van der Waals surface area (Å²) in [5.41, 5.74) is 10.8. The lowest BCUT2D eigenvalue weighted by Gasteiger charge is -2.04. The molecule has 0 aliphatic rings. The number of aromatic amines is 1. The summed E-state index contributed by atoms with van der Waals surface area (Å²) in [6.07, 6.45) is 0.715. The van der Waals surface area contributed by atoms with E-state index in [1.807, 2.05) is 13.8 Å². The molecule has 140 valence electrons. The second-order valence-corrected chi connectivity index (χ2v) is 7.15. The molecule has 0 aliphatic carbocycles. The summed E-state index contributed by atoms with van der Waals surface area (Å²) >= 11 is 5.92. The number of carboxylic acid groups (broad SMARTS) is 1. The van der Waals surface area contributed by atoms with E-state index in [0.717, 1.165) is 16.5 Å². The van der Waals surface area contributed by atoms with E-state index in [0.29, 0.717) is 11.3 Å². The van der Waals surface area contributed by atoms with Crippen LogP contribution in [-0.2, 0) is 10.1 Å². The molecule has 0 unspecified atom stereocenters. The summed E-state index contributed by atoms with van der Waals surface area (Å²) in [5, 5.41) is 16.7. The third-order valence-electron chi connectivity index (χ3n) is 2.59. The smallest absolute Gasteiger partial charge is 0.352 e. The number of aromatic carboxylic acids is 1. The number of carboxylic acids is 1. The molecule has 0 amide bonds. The molecule has 1 aromatic heterocycles. The van der Waals surface area contributed by atoms with E-state index >= 15 is 0 Å². The zero-order valence-corrected chi connectivity index (χ0v) is 15.4. The Labute approximate surface area is 150 Å². The van der Waals surface area contributed by atoms with Crippen LogP contribution in [0.15, 0.2) is 18.2 Å². The van der Waals surface area contributed by atoms with Gasteiger partial charge in [-0.15, -0.1) is 0 Å². The number of aromatic nitrogens is 1. The van der Waals surface area contributed by atoms with Gasteiger partial charge in [0.05, 0.1) is 6.26 Å². The standard InChI is InChI=1S/C12H12ClNO2.CH5N3.CH4O3S/c1-6(2)10-8-5-7(13)3-4-9(8)14-11(10)12(15)16;2-1(3)4;1-5(2,3)4/h3-6,14H,1-2H3,(H,15,16);(H5,2,3,4);1H3,(H,2,3,4). The Morgan fingerprint density at radius 1 is 1.32 bits per heavy atom. The fraction of sp³-hybridized carbons (Fsp3) is 0.286. The van der Waals surface area contributed by atoms with Gasteiger partial charge in [0.1, 0.15) is 5.69 Å². The van der Waals surface area contributed by atoms with Crippen molar-refractivity contribution < 1.29 is 22.9 Å². The number of nitrogens with one attached hydrogen (secondary N) is 2. The van der Waals surface area contributed by atoms with Crippen molar-refractivity contribution in [2.75, 3.05) is 6.26 Å². The molecular weight excluding hydrogens is 372 g/mol. The van der Waals surface area contributed by atoms with Gasteiger partial charge in [-0.3, -0.25) is 9.96 Å². The lowest BCUT2D eigenvalue weighted by Crippen LogP contribution is -2.20. The van der Waals surface area contributed by atoms with Crippen LogP contribution in [0.25, 0.3) is 10.9 Å². The lowest BCUT2D eigenvalue weighted by atomic mass is 9.99. The van der Waals surface area contributed by atoms with Crippen LogP contribution in [0.1, 0.15) is 35.8 Å². The molecule has 1 aromatic carbocycles. The van der Waals surface area contributed by atoms with Gasteiger partial charge in [0.25, 0.3) is 10.1 Å². The van der Waals surface area contributed by atoms with Crippen molar-refractivity contribution in [1.82, 2.24) is 4.98 Å². The maximum Gasteiger partial charge on any atom is 0.352 e. The van der Waals surface area contributed by atoms with Gasteiger partial charge in [0.2, 0.25) is 0 Å². The van der Waals surface area contributed by atoms with Crippen molar-refractivity contribution >= 4 is 44.6 Å². The van der Waals surface area contributed by atoms with Crippen LogP contribution in [0.2, 0.25) is 5.02 Å². The SMILES string of the molecule is CC(C)c1c(C(=O)O)[nH]c2ccc(Cl)cc12.CS(=O)(=O)O.N=C(N)N. The molecule has 0 radical (unpaired) electrons. The summed E-state index contributed by atoms with van der Waals surface area (Å²) in [4.78, 5) is 14.0. The van der Waals surface area contributed by atoms with Gasteiger partial charge in [0, 0.05) is 15.9 Å². The molecule has 1 heterocycles. The number of hydrogen-bond acceptors (Lipinski definition) is 4. The zero-order valence-electron chi connectivity index (χ0n) is 13.9. The molecule has 25 heavy (non-hydrogen) atoms. The molecule has 0 fully saturated rings. The maximum atomic E-state index is 11.1. The van der Waals surface area contributed by atoms with E-state index in [4.69, 9.17) is 26.7 Å². The Bertz CT molecular complexity index is 849. The minimum Gasteiger partial charge on any atom is -0.477 e. The van der Waals surface area contributed by atoms with E-state index in [2.05, 4.69) is 16.5 Å². The first kappa shape index (κ1) is 22.7. The molecule has 8 N–H and O–H groups in total. The highest BCUT2D eigenvalue weighted by Crippen LogP contribution is 2.31. The van der Waals surface area contributed by atoms with E-state index in [-0.39, 0.29) is 17.6 Å². The first-order valence-electron chi connectivity index (χ1n) is 6.80. The van der Waals surface area contributed by atoms with Crippen molar-refractivity contribution in [1.29, 1.82) is 5.41 Å². The third-order valence-corrected chi connectivity index (χ3v) is 2.83. The Kier molecular flexibility index (Phi) is 8.40. The summed E-state index contributed by atoms with van der Waals surface area (Å²) in [6.45, 7) is 3.94.